The van der Waals surface area contributed by atoms with Gasteiger partial charge in [0.05, 0.1) is 0 Å². The van der Waals surface area contributed by atoms with Gasteiger partial charge in [-0.3, -0.25) is 0 Å². The maximum absolute atomic E-state index is 11.8. The lowest BCUT2D eigenvalue weighted by atomic mass is 10.1. The molecule has 0 spiro atoms. The largest absolute Gasteiger partial charge is 0.504 e. The van der Waals surface area contributed by atoms with Gasteiger partial charge in [-0.05, 0) is 41.8 Å². The SMILES string of the molecule is O=C(/C=C/c1ccc(O)c(O)c1)Oc1ccccc1CCO. The summed E-state index contributed by atoms with van der Waals surface area (Å²) in [5.41, 5.74) is 1.30. The molecule has 0 bridgehead atoms. The van der Waals surface area contributed by atoms with Gasteiger partial charge in [0, 0.05) is 12.7 Å². The van der Waals surface area contributed by atoms with Crippen molar-refractivity contribution < 1.29 is 24.9 Å². The minimum absolute atomic E-state index is 0.0306. The minimum Gasteiger partial charge on any atom is -0.504 e. The Morgan fingerprint density at radius 1 is 1.09 bits per heavy atom. The molecule has 0 aliphatic heterocycles. The molecule has 22 heavy (non-hydrogen) atoms. The number of aliphatic hydroxyl groups excluding tert-OH is 1. The average molecular weight is 300 g/mol. The molecule has 5 nitrogen and oxygen atoms in total. The molecule has 2 aromatic carbocycles. The number of rotatable bonds is 5. The fourth-order valence-electron chi connectivity index (χ4n) is 1.88. The lowest BCUT2D eigenvalue weighted by Crippen LogP contribution is -2.06. The van der Waals surface area contributed by atoms with Crippen LogP contribution >= 0.6 is 0 Å². The molecule has 0 radical (unpaired) electrons. The first-order valence-electron chi connectivity index (χ1n) is 6.71. The van der Waals surface area contributed by atoms with Crippen molar-refractivity contribution >= 4 is 12.0 Å². The summed E-state index contributed by atoms with van der Waals surface area (Å²) in [7, 11) is 0. The summed E-state index contributed by atoms with van der Waals surface area (Å²) in [4.78, 5) is 11.8. The van der Waals surface area contributed by atoms with Crippen LogP contribution in [0.3, 0.4) is 0 Å². The van der Waals surface area contributed by atoms with Gasteiger partial charge in [-0.15, -0.1) is 0 Å². The number of esters is 1. The molecule has 0 aliphatic rings. The van der Waals surface area contributed by atoms with E-state index in [-0.39, 0.29) is 18.1 Å². The number of para-hydroxylation sites is 1. The van der Waals surface area contributed by atoms with E-state index >= 15 is 0 Å². The first-order valence-corrected chi connectivity index (χ1v) is 6.71. The fraction of sp³-hybridized carbons (Fsp3) is 0.118. The molecule has 0 atom stereocenters. The first kappa shape index (κ1) is 15.6. The Morgan fingerprint density at radius 2 is 1.86 bits per heavy atom. The van der Waals surface area contributed by atoms with Gasteiger partial charge in [-0.25, -0.2) is 4.79 Å². The minimum atomic E-state index is -0.571. The number of aliphatic hydroxyl groups is 1. The molecule has 5 heteroatoms. The van der Waals surface area contributed by atoms with Crippen molar-refractivity contribution in [2.45, 2.75) is 6.42 Å². The van der Waals surface area contributed by atoms with E-state index in [2.05, 4.69) is 0 Å². The first-order chi connectivity index (χ1) is 10.6. The van der Waals surface area contributed by atoms with Crippen molar-refractivity contribution in [2.75, 3.05) is 6.61 Å². The zero-order valence-electron chi connectivity index (χ0n) is 11.8. The zero-order valence-corrected chi connectivity index (χ0v) is 11.8. The maximum Gasteiger partial charge on any atom is 0.336 e. The molecule has 0 heterocycles. The zero-order chi connectivity index (χ0) is 15.9. The summed E-state index contributed by atoms with van der Waals surface area (Å²) in [5, 5.41) is 27.6. The smallest absolute Gasteiger partial charge is 0.336 e. The summed E-state index contributed by atoms with van der Waals surface area (Å²) in [5.74, 6) is -0.654. The van der Waals surface area contributed by atoms with Gasteiger partial charge in [0.25, 0.3) is 0 Å². The third-order valence-electron chi connectivity index (χ3n) is 2.98. The molecule has 0 fully saturated rings. The summed E-state index contributed by atoms with van der Waals surface area (Å²) in [6.07, 6.45) is 3.09. The highest BCUT2D eigenvalue weighted by Crippen LogP contribution is 2.25. The lowest BCUT2D eigenvalue weighted by Gasteiger charge is -2.07. The number of carbonyl (C=O) groups is 1. The predicted molar refractivity (Wildman–Crippen MR) is 81.7 cm³/mol. The van der Waals surface area contributed by atoms with Gasteiger partial charge in [0.1, 0.15) is 5.75 Å². The van der Waals surface area contributed by atoms with Gasteiger partial charge in [0.15, 0.2) is 11.5 Å². The molecule has 2 aromatic rings. The van der Waals surface area contributed by atoms with Gasteiger partial charge < -0.3 is 20.1 Å². The van der Waals surface area contributed by atoms with Gasteiger partial charge >= 0.3 is 5.97 Å². The second kappa shape index (κ2) is 7.28. The van der Waals surface area contributed by atoms with Crippen LogP contribution in [0.1, 0.15) is 11.1 Å². The van der Waals surface area contributed by atoms with E-state index < -0.39 is 5.97 Å². The van der Waals surface area contributed by atoms with Crippen LogP contribution in [0.2, 0.25) is 0 Å². The lowest BCUT2D eigenvalue weighted by molar-refractivity contribution is -0.128. The van der Waals surface area contributed by atoms with Crippen LogP contribution in [0, 0.1) is 0 Å². The Bertz CT molecular complexity index is 691. The van der Waals surface area contributed by atoms with Crippen LogP contribution in [-0.2, 0) is 11.2 Å². The molecule has 0 saturated heterocycles. The highest BCUT2D eigenvalue weighted by Gasteiger charge is 2.06. The molecule has 0 saturated carbocycles. The molecule has 0 unspecified atom stereocenters. The summed E-state index contributed by atoms with van der Waals surface area (Å²) >= 11 is 0. The molecule has 3 N–H and O–H groups in total. The number of phenolic OH excluding ortho intramolecular Hbond substituents is 2. The van der Waals surface area contributed by atoms with Crippen LogP contribution in [0.5, 0.6) is 17.2 Å². The molecule has 0 amide bonds. The van der Waals surface area contributed by atoms with Crippen molar-refractivity contribution in [2.24, 2.45) is 0 Å². The highest BCUT2D eigenvalue weighted by molar-refractivity contribution is 5.89. The molecule has 2 rings (SSSR count). The second-order valence-corrected chi connectivity index (χ2v) is 4.58. The molecule has 0 aliphatic carbocycles. The van der Waals surface area contributed by atoms with Crippen LogP contribution in [0.4, 0.5) is 0 Å². The molecular formula is C17H16O5. The molecule has 114 valence electrons. The highest BCUT2D eigenvalue weighted by atomic mass is 16.5. The van der Waals surface area contributed by atoms with E-state index in [1.807, 2.05) is 0 Å². The number of carbonyl (C=O) groups excluding carboxylic acids is 1. The number of phenols is 2. The van der Waals surface area contributed by atoms with Crippen LogP contribution in [0.25, 0.3) is 6.08 Å². The topological polar surface area (TPSA) is 87.0 Å². The fourth-order valence-corrected chi connectivity index (χ4v) is 1.88. The van der Waals surface area contributed by atoms with Crippen molar-refractivity contribution in [1.82, 2.24) is 0 Å². The van der Waals surface area contributed by atoms with E-state index in [1.54, 1.807) is 30.3 Å². The predicted octanol–water partition coefficient (Wildman–Crippen LogP) is 2.25. The summed E-state index contributed by atoms with van der Waals surface area (Å²) in [6, 6.07) is 11.2. The quantitative estimate of drug-likeness (QED) is 0.341. The second-order valence-electron chi connectivity index (χ2n) is 4.58. The normalized spacial score (nSPS) is 10.8. The van der Waals surface area contributed by atoms with Crippen LogP contribution in [0.15, 0.2) is 48.5 Å². The summed E-state index contributed by atoms with van der Waals surface area (Å²) < 4.78 is 5.23. The average Bonchev–Trinajstić information content (AvgIpc) is 2.51. The van der Waals surface area contributed by atoms with E-state index in [1.165, 1.54) is 24.3 Å². The third kappa shape index (κ3) is 4.10. The Morgan fingerprint density at radius 3 is 2.59 bits per heavy atom. The van der Waals surface area contributed by atoms with Crippen molar-refractivity contribution in [3.63, 3.8) is 0 Å². The van der Waals surface area contributed by atoms with Gasteiger partial charge in [-0.2, -0.15) is 0 Å². The maximum atomic E-state index is 11.8. The Hall–Kier alpha value is -2.79. The standard InChI is InChI=1S/C17H16O5/c18-10-9-13-3-1-2-4-16(13)22-17(21)8-6-12-5-7-14(19)15(20)11-12/h1-8,11,18-20H,9-10H2/b8-6+. The Labute approximate surface area is 127 Å². The van der Waals surface area contributed by atoms with E-state index in [4.69, 9.17) is 9.84 Å². The van der Waals surface area contributed by atoms with E-state index in [9.17, 15) is 15.0 Å². The van der Waals surface area contributed by atoms with Crippen LogP contribution < -0.4 is 4.74 Å². The number of aromatic hydroxyl groups is 2. The Balaban J connectivity index is 2.06. The van der Waals surface area contributed by atoms with Crippen molar-refractivity contribution in [3.05, 3.63) is 59.7 Å². The Kier molecular flexibility index (Phi) is 5.16. The van der Waals surface area contributed by atoms with E-state index in [0.717, 1.165) is 5.56 Å². The number of hydrogen-bond acceptors (Lipinski definition) is 5. The van der Waals surface area contributed by atoms with Crippen molar-refractivity contribution in [3.8, 4) is 17.2 Å². The van der Waals surface area contributed by atoms with Gasteiger partial charge in [0.2, 0.25) is 0 Å². The number of benzene rings is 2. The van der Waals surface area contributed by atoms with Gasteiger partial charge in [-0.1, -0.05) is 24.3 Å². The molecular weight excluding hydrogens is 284 g/mol. The van der Waals surface area contributed by atoms with Crippen LogP contribution in [-0.4, -0.2) is 27.9 Å². The van der Waals surface area contributed by atoms with Crippen molar-refractivity contribution in [1.29, 1.82) is 0 Å². The molecule has 0 aromatic heterocycles. The number of hydrogen-bond donors (Lipinski definition) is 3. The third-order valence-corrected chi connectivity index (χ3v) is 2.98. The number of ether oxygens (including phenoxy) is 1. The van der Waals surface area contributed by atoms with E-state index in [0.29, 0.717) is 17.7 Å². The summed E-state index contributed by atoms with van der Waals surface area (Å²) in [6.45, 7) is -0.0306. The monoisotopic (exact) mass is 300 g/mol.